The highest BCUT2D eigenvalue weighted by Crippen LogP contribution is 2.33. The summed E-state index contributed by atoms with van der Waals surface area (Å²) < 4.78 is 23.0. The Morgan fingerprint density at radius 1 is 0.884 bits per heavy atom. The standard InChI is InChI=1S/C31H32N4O6S2/c36-29(23-4-2-1-3-5-23)32-25(19-24-7-9-28(41-24)43-31(42)35-14-16-38-17-15-35)30(37)34-12-10-33(11-13-34)20-22-6-8-26-27(18-22)40-21-39-26/h1-9,18-19H,10-17,20-21H2,(H,32,36)/b25-19+. The minimum absolute atomic E-state index is 0.153. The molecule has 2 amide bonds. The molecule has 0 bridgehead atoms. The van der Waals surface area contributed by atoms with Gasteiger partial charge in [0.2, 0.25) is 6.79 Å². The Kier molecular flexibility index (Phi) is 9.27. The molecule has 12 heteroatoms. The normalized spacial score (nSPS) is 17.2. The highest BCUT2D eigenvalue weighted by Gasteiger charge is 2.26. The highest BCUT2D eigenvalue weighted by atomic mass is 32.2. The molecule has 224 valence electrons. The Bertz CT molecular complexity index is 1500. The lowest BCUT2D eigenvalue weighted by molar-refractivity contribution is -0.129. The number of rotatable bonds is 7. The molecule has 0 unspecified atom stereocenters. The van der Waals surface area contributed by atoms with Crippen LogP contribution in [0.4, 0.5) is 0 Å². The molecule has 1 N–H and O–H groups in total. The number of hydrogen-bond acceptors (Lipinski definition) is 9. The van der Waals surface area contributed by atoms with Crippen molar-refractivity contribution in [2.45, 2.75) is 11.6 Å². The number of amides is 2. The van der Waals surface area contributed by atoms with E-state index in [2.05, 4.69) is 15.1 Å². The molecule has 3 aliphatic rings. The Morgan fingerprint density at radius 3 is 2.44 bits per heavy atom. The van der Waals surface area contributed by atoms with Crippen molar-refractivity contribution in [2.24, 2.45) is 0 Å². The van der Waals surface area contributed by atoms with Gasteiger partial charge in [0, 0.05) is 57.5 Å². The number of thiocarbonyl (C=S) groups is 1. The van der Waals surface area contributed by atoms with Gasteiger partial charge in [-0.1, -0.05) is 36.5 Å². The van der Waals surface area contributed by atoms with Crippen LogP contribution in [-0.2, 0) is 16.1 Å². The van der Waals surface area contributed by atoms with Gasteiger partial charge in [0.15, 0.2) is 16.6 Å². The molecule has 2 aromatic carbocycles. The summed E-state index contributed by atoms with van der Waals surface area (Å²) in [6.45, 7) is 6.20. The van der Waals surface area contributed by atoms with Crippen molar-refractivity contribution in [3.8, 4) is 11.5 Å². The number of hydrogen-bond donors (Lipinski definition) is 1. The molecule has 0 aliphatic carbocycles. The Hall–Kier alpha value is -3.84. The molecule has 3 aliphatic heterocycles. The van der Waals surface area contributed by atoms with E-state index in [1.165, 1.54) is 11.8 Å². The molecule has 0 radical (unpaired) electrons. The van der Waals surface area contributed by atoms with Gasteiger partial charge in [-0.3, -0.25) is 14.5 Å². The molecule has 1 aromatic heterocycles. The fourth-order valence-electron chi connectivity index (χ4n) is 5.02. The van der Waals surface area contributed by atoms with Gasteiger partial charge < -0.3 is 33.7 Å². The minimum atomic E-state index is -0.365. The van der Waals surface area contributed by atoms with Crippen LogP contribution < -0.4 is 14.8 Å². The first kappa shape index (κ1) is 29.2. The van der Waals surface area contributed by atoms with Crippen molar-refractivity contribution < 1.29 is 28.2 Å². The van der Waals surface area contributed by atoms with Gasteiger partial charge in [0.25, 0.3) is 11.8 Å². The van der Waals surface area contributed by atoms with E-state index in [1.807, 2.05) is 30.3 Å². The summed E-state index contributed by atoms with van der Waals surface area (Å²) in [5.41, 5.74) is 1.74. The zero-order valence-corrected chi connectivity index (χ0v) is 25.2. The number of thioether (sulfide) groups is 1. The Morgan fingerprint density at radius 2 is 1.65 bits per heavy atom. The highest BCUT2D eigenvalue weighted by molar-refractivity contribution is 8.22. The van der Waals surface area contributed by atoms with E-state index >= 15 is 0 Å². The van der Waals surface area contributed by atoms with Crippen LogP contribution in [0.5, 0.6) is 11.5 Å². The molecule has 10 nitrogen and oxygen atoms in total. The number of nitrogens with zero attached hydrogens (tertiary/aromatic N) is 3. The van der Waals surface area contributed by atoms with Crippen molar-refractivity contribution in [2.75, 3.05) is 59.3 Å². The first-order chi connectivity index (χ1) is 21.0. The lowest BCUT2D eigenvalue weighted by Gasteiger charge is -2.35. The number of fused-ring (bicyclic) bond motifs is 1. The van der Waals surface area contributed by atoms with E-state index in [4.69, 9.17) is 30.8 Å². The first-order valence-corrected chi connectivity index (χ1v) is 15.4. The summed E-state index contributed by atoms with van der Waals surface area (Å²) >= 11 is 6.94. The van der Waals surface area contributed by atoms with Crippen LogP contribution in [0.2, 0.25) is 0 Å². The van der Waals surface area contributed by atoms with E-state index in [9.17, 15) is 9.59 Å². The Balaban J connectivity index is 1.13. The average molecular weight is 621 g/mol. The summed E-state index contributed by atoms with van der Waals surface area (Å²) in [5.74, 6) is 1.35. The number of carbonyl (C=O) groups is 2. The lowest BCUT2D eigenvalue weighted by atomic mass is 10.1. The number of morpholine rings is 1. The topological polar surface area (TPSA) is 96.7 Å². The second-order valence-corrected chi connectivity index (χ2v) is 11.9. The van der Waals surface area contributed by atoms with Crippen LogP contribution in [0.25, 0.3) is 6.08 Å². The van der Waals surface area contributed by atoms with E-state index in [0.29, 0.717) is 60.1 Å². The summed E-state index contributed by atoms with van der Waals surface area (Å²) in [5, 5.41) is 3.44. The number of furan rings is 1. The molecule has 3 aromatic rings. The second kappa shape index (κ2) is 13.6. The smallest absolute Gasteiger partial charge is 0.270 e. The average Bonchev–Trinajstić information content (AvgIpc) is 3.70. The van der Waals surface area contributed by atoms with Crippen LogP contribution >= 0.6 is 24.0 Å². The maximum Gasteiger partial charge on any atom is 0.270 e. The fraction of sp³-hybridized carbons (Fsp3) is 0.323. The predicted octanol–water partition coefficient (Wildman–Crippen LogP) is 3.83. The SMILES string of the molecule is O=C(N/C(=C/c1ccc(SC(=S)N2CCOCC2)o1)C(=O)N1CCN(Cc2ccc3c(c2)OCO3)CC1)c1ccccc1. The van der Waals surface area contributed by atoms with E-state index in [1.54, 1.807) is 41.3 Å². The van der Waals surface area contributed by atoms with Gasteiger partial charge in [0.1, 0.15) is 15.8 Å². The molecule has 2 saturated heterocycles. The quantitative estimate of drug-likeness (QED) is 0.239. The summed E-state index contributed by atoms with van der Waals surface area (Å²) in [6.07, 6.45) is 1.59. The number of carbonyl (C=O) groups excluding carboxylic acids is 2. The van der Waals surface area contributed by atoms with E-state index in [0.717, 1.165) is 36.7 Å². The fourth-order valence-corrected chi connectivity index (χ4v) is 6.20. The van der Waals surface area contributed by atoms with Crippen molar-refractivity contribution in [3.05, 3.63) is 83.2 Å². The van der Waals surface area contributed by atoms with Crippen molar-refractivity contribution >= 4 is 46.2 Å². The lowest BCUT2D eigenvalue weighted by Crippen LogP contribution is -2.50. The maximum atomic E-state index is 13.8. The summed E-state index contributed by atoms with van der Waals surface area (Å²) in [7, 11) is 0. The summed E-state index contributed by atoms with van der Waals surface area (Å²) in [4.78, 5) is 33.0. The third-order valence-electron chi connectivity index (χ3n) is 7.36. The minimum Gasteiger partial charge on any atom is -0.454 e. The van der Waals surface area contributed by atoms with Crippen LogP contribution in [0.3, 0.4) is 0 Å². The molecule has 0 saturated carbocycles. The molecule has 0 spiro atoms. The van der Waals surface area contributed by atoms with E-state index < -0.39 is 0 Å². The van der Waals surface area contributed by atoms with Gasteiger partial charge in [-0.25, -0.2) is 0 Å². The van der Waals surface area contributed by atoms with Crippen LogP contribution in [0.1, 0.15) is 21.7 Å². The van der Waals surface area contributed by atoms with Crippen molar-refractivity contribution in [3.63, 3.8) is 0 Å². The second-order valence-electron chi connectivity index (χ2n) is 10.3. The van der Waals surface area contributed by atoms with Gasteiger partial charge in [0.05, 0.1) is 13.2 Å². The first-order valence-electron chi connectivity index (χ1n) is 14.1. The van der Waals surface area contributed by atoms with Gasteiger partial charge in [-0.2, -0.15) is 0 Å². The van der Waals surface area contributed by atoms with E-state index in [-0.39, 0.29) is 24.3 Å². The van der Waals surface area contributed by atoms with Crippen LogP contribution in [-0.4, -0.2) is 90.1 Å². The zero-order valence-electron chi connectivity index (χ0n) is 23.5. The van der Waals surface area contributed by atoms with Crippen molar-refractivity contribution in [1.29, 1.82) is 0 Å². The summed E-state index contributed by atoms with van der Waals surface area (Å²) in [6, 6.07) is 18.4. The number of benzene rings is 2. The number of ether oxygens (including phenoxy) is 3. The molecule has 2 fully saturated rings. The van der Waals surface area contributed by atoms with Gasteiger partial charge in [-0.15, -0.1) is 0 Å². The molecule has 43 heavy (non-hydrogen) atoms. The largest absolute Gasteiger partial charge is 0.454 e. The van der Waals surface area contributed by atoms with Gasteiger partial charge in [-0.05, 0) is 53.7 Å². The third-order valence-corrected chi connectivity index (χ3v) is 8.72. The number of piperazine rings is 1. The molecule has 0 atom stereocenters. The van der Waals surface area contributed by atoms with Crippen molar-refractivity contribution in [1.82, 2.24) is 20.0 Å². The third kappa shape index (κ3) is 7.39. The molecule has 6 rings (SSSR count). The predicted molar refractivity (Wildman–Crippen MR) is 166 cm³/mol. The monoisotopic (exact) mass is 620 g/mol. The molecule has 4 heterocycles. The molecular formula is C31H32N4O6S2. The van der Waals surface area contributed by atoms with Gasteiger partial charge >= 0.3 is 0 Å². The zero-order chi connectivity index (χ0) is 29.6. The Labute approximate surface area is 259 Å². The van der Waals surface area contributed by atoms with Crippen LogP contribution in [0.15, 0.2) is 75.9 Å². The van der Waals surface area contributed by atoms with Crippen LogP contribution in [0, 0.1) is 0 Å². The molecular weight excluding hydrogens is 588 g/mol. The number of nitrogens with one attached hydrogen (secondary N) is 1. The maximum absolute atomic E-state index is 13.8.